The predicted octanol–water partition coefficient (Wildman–Crippen LogP) is 2.47. The lowest BCUT2D eigenvalue weighted by molar-refractivity contribution is 0.111. The van der Waals surface area contributed by atoms with E-state index in [1.54, 1.807) is 14.2 Å². The second kappa shape index (κ2) is 5.39. The minimum Gasteiger partial charge on any atom is -0.496 e. The fourth-order valence-electron chi connectivity index (χ4n) is 1.54. The monoisotopic (exact) mass is 208 g/mol. The van der Waals surface area contributed by atoms with Crippen molar-refractivity contribution in [1.82, 2.24) is 0 Å². The van der Waals surface area contributed by atoms with Crippen molar-refractivity contribution in [2.24, 2.45) is 0 Å². The van der Waals surface area contributed by atoms with Gasteiger partial charge in [-0.05, 0) is 24.1 Å². The van der Waals surface area contributed by atoms with Crippen LogP contribution in [0, 0.1) is 0 Å². The lowest BCUT2D eigenvalue weighted by atomic mass is 10.1. The highest BCUT2D eigenvalue weighted by Gasteiger charge is 2.11. The van der Waals surface area contributed by atoms with Crippen LogP contribution in [0.2, 0.25) is 0 Å². The third kappa shape index (κ3) is 2.49. The van der Waals surface area contributed by atoms with E-state index in [1.807, 2.05) is 12.1 Å². The van der Waals surface area contributed by atoms with Crippen molar-refractivity contribution in [3.8, 4) is 11.5 Å². The maximum absolute atomic E-state index is 10.9. The second-order valence-corrected chi connectivity index (χ2v) is 3.28. The molecule has 0 saturated heterocycles. The van der Waals surface area contributed by atoms with Crippen molar-refractivity contribution >= 4 is 6.29 Å². The standard InChI is InChI=1S/C12H16O3/c1-4-5-9-6-11(14-2)10(8-13)12(7-9)15-3/h6-8H,4-5H2,1-3H3. The van der Waals surface area contributed by atoms with Gasteiger partial charge in [-0.2, -0.15) is 0 Å². The van der Waals surface area contributed by atoms with Gasteiger partial charge in [0.2, 0.25) is 0 Å². The van der Waals surface area contributed by atoms with Crippen LogP contribution in [0.25, 0.3) is 0 Å². The van der Waals surface area contributed by atoms with Gasteiger partial charge in [0.25, 0.3) is 0 Å². The summed E-state index contributed by atoms with van der Waals surface area (Å²) in [6, 6.07) is 3.77. The maximum atomic E-state index is 10.9. The Bertz CT molecular complexity index is 320. The Morgan fingerprint density at radius 3 is 2.07 bits per heavy atom. The molecule has 1 aromatic rings. The number of hydrogen-bond acceptors (Lipinski definition) is 3. The third-order valence-electron chi connectivity index (χ3n) is 2.26. The van der Waals surface area contributed by atoms with Crippen LogP contribution in [0.15, 0.2) is 12.1 Å². The quantitative estimate of drug-likeness (QED) is 0.697. The molecule has 0 aliphatic heterocycles. The summed E-state index contributed by atoms with van der Waals surface area (Å²) in [5, 5.41) is 0. The minimum absolute atomic E-state index is 0.472. The topological polar surface area (TPSA) is 35.5 Å². The molecule has 0 heterocycles. The molecular formula is C12H16O3. The Labute approximate surface area is 90.0 Å². The van der Waals surface area contributed by atoms with Crippen molar-refractivity contribution in [2.75, 3.05) is 14.2 Å². The average molecular weight is 208 g/mol. The first-order valence-electron chi connectivity index (χ1n) is 4.96. The van der Waals surface area contributed by atoms with E-state index < -0.39 is 0 Å². The summed E-state index contributed by atoms with van der Waals surface area (Å²) in [5.41, 5.74) is 1.59. The number of methoxy groups -OCH3 is 2. The fourth-order valence-corrected chi connectivity index (χ4v) is 1.54. The van der Waals surface area contributed by atoms with Gasteiger partial charge in [0.15, 0.2) is 6.29 Å². The highest BCUT2D eigenvalue weighted by Crippen LogP contribution is 2.29. The molecule has 0 aliphatic carbocycles. The summed E-state index contributed by atoms with van der Waals surface area (Å²) >= 11 is 0. The summed E-state index contributed by atoms with van der Waals surface area (Å²) in [5.74, 6) is 1.15. The van der Waals surface area contributed by atoms with E-state index in [2.05, 4.69) is 6.92 Å². The highest BCUT2D eigenvalue weighted by atomic mass is 16.5. The normalized spacial score (nSPS) is 9.80. The SMILES string of the molecule is CCCc1cc(OC)c(C=O)c(OC)c1. The summed E-state index contributed by atoms with van der Waals surface area (Å²) in [6.45, 7) is 2.10. The van der Waals surface area contributed by atoms with Crippen LogP contribution in [-0.2, 0) is 6.42 Å². The maximum Gasteiger partial charge on any atom is 0.157 e. The molecule has 0 unspecified atom stereocenters. The van der Waals surface area contributed by atoms with E-state index in [9.17, 15) is 4.79 Å². The van der Waals surface area contributed by atoms with E-state index in [-0.39, 0.29) is 0 Å². The number of ether oxygens (including phenoxy) is 2. The van der Waals surface area contributed by atoms with Gasteiger partial charge in [-0.15, -0.1) is 0 Å². The zero-order valence-corrected chi connectivity index (χ0v) is 9.37. The van der Waals surface area contributed by atoms with Crippen LogP contribution in [0.3, 0.4) is 0 Å². The number of aldehydes is 1. The molecule has 0 aliphatic rings. The minimum atomic E-state index is 0.472. The lowest BCUT2D eigenvalue weighted by Gasteiger charge is -2.11. The van der Waals surface area contributed by atoms with Gasteiger partial charge in [0, 0.05) is 0 Å². The zero-order valence-electron chi connectivity index (χ0n) is 9.37. The lowest BCUT2D eigenvalue weighted by Crippen LogP contribution is -1.98. The molecule has 0 amide bonds. The van der Waals surface area contributed by atoms with Crippen molar-refractivity contribution < 1.29 is 14.3 Å². The van der Waals surface area contributed by atoms with Crippen LogP contribution in [0.1, 0.15) is 29.3 Å². The fraction of sp³-hybridized carbons (Fsp3) is 0.417. The molecule has 82 valence electrons. The highest BCUT2D eigenvalue weighted by molar-refractivity contribution is 5.84. The first-order valence-corrected chi connectivity index (χ1v) is 4.96. The third-order valence-corrected chi connectivity index (χ3v) is 2.26. The van der Waals surface area contributed by atoms with Crippen LogP contribution >= 0.6 is 0 Å². The van der Waals surface area contributed by atoms with Crippen LogP contribution in [0.4, 0.5) is 0 Å². The Hall–Kier alpha value is -1.51. The van der Waals surface area contributed by atoms with Gasteiger partial charge < -0.3 is 9.47 Å². The summed E-state index contributed by atoms with van der Waals surface area (Å²) in [6.07, 6.45) is 2.76. The molecule has 1 rings (SSSR count). The van der Waals surface area contributed by atoms with Crippen LogP contribution in [-0.4, -0.2) is 20.5 Å². The Morgan fingerprint density at radius 1 is 1.20 bits per heavy atom. The molecule has 0 radical (unpaired) electrons. The van der Waals surface area contributed by atoms with Crippen molar-refractivity contribution in [2.45, 2.75) is 19.8 Å². The van der Waals surface area contributed by atoms with Crippen LogP contribution < -0.4 is 9.47 Å². The molecule has 15 heavy (non-hydrogen) atoms. The summed E-state index contributed by atoms with van der Waals surface area (Å²) in [7, 11) is 3.11. The smallest absolute Gasteiger partial charge is 0.157 e. The molecule has 1 aromatic carbocycles. The zero-order chi connectivity index (χ0) is 11.3. The molecule has 0 spiro atoms. The Kier molecular flexibility index (Phi) is 4.16. The van der Waals surface area contributed by atoms with Crippen molar-refractivity contribution in [3.63, 3.8) is 0 Å². The first-order chi connectivity index (χ1) is 7.26. The molecule has 0 fully saturated rings. The predicted molar refractivity (Wildman–Crippen MR) is 58.9 cm³/mol. The molecule has 0 bridgehead atoms. The summed E-state index contributed by atoms with van der Waals surface area (Å²) < 4.78 is 10.3. The van der Waals surface area contributed by atoms with Gasteiger partial charge in [0.05, 0.1) is 19.8 Å². The molecule has 3 heteroatoms. The van der Waals surface area contributed by atoms with Crippen molar-refractivity contribution in [3.05, 3.63) is 23.3 Å². The Balaban J connectivity index is 3.22. The van der Waals surface area contributed by atoms with Gasteiger partial charge in [0.1, 0.15) is 11.5 Å². The van der Waals surface area contributed by atoms with Gasteiger partial charge in [-0.1, -0.05) is 13.3 Å². The molecule has 3 nitrogen and oxygen atoms in total. The second-order valence-electron chi connectivity index (χ2n) is 3.28. The van der Waals surface area contributed by atoms with E-state index in [0.29, 0.717) is 17.1 Å². The van der Waals surface area contributed by atoms with E-state index in [4.69, 9.17) is 9.47 Å². The van der Waals surface area contributed by atoms with Gasteiger partial charge in [-0.3, -0.25) is 4.79 Å². The van der Waals surface area contributed by atoms with Gasteiger partial charge in [-0.25, -0.2) is 0 Å². The number of rotatable bonds is 5. The first kappa shape index (κ1) is 11.6. The van der Waals surface area contributed by atoms with E-state index in [1.165, 1.54) is 0 Å². The number of benzene rings is 1. The number of hydrogen-bond donors (Lipinski definition) is 0. The number of carbonyl (C=O) groups excluding carboxylic acids is 1. The average Bonchev–Trinajstić information content (AvgIpc) is 2.28. The molecular weight excluding hydrogens is 192 g/mol. The molecule has 0 aromatic heterocycles. The Morgan fingerprint density at radius 2 is 1.73 bits per heavy atom. The van der Waals surface area contributed by atoms with E-state index >= 15 is 0 Å². The van der Waals surface area contributed by atoms with Crippen LogP contribution in [0.5, 0.6) is 11.5 Å². The molecule has 0 N–H and O–H groups in total. The summed E-state index contributed by atoms with van der Waals surface area (Å²) in [4.78, 5) is 10.9. The molecule has 0 atom stereocenters. The number of aryl methyl sites for hydroxylation is 1. The number of carbonyl (C=O) groups is 1. The van der Waals surface area contributed by atoms with Crippen molar-refractivity contribution in [1.29, 1.82) is 0 Å². The van der Waals surface area contributed by atoms with E-state index in [0.717, 1.165) is 24.7 Å². The molecule has 0 saturated carbocycles. The largest absolute Gasteiger partial charge is 0.496 e. The van der Waals surface area contributed by atoms with Gasteiger partial charge >= 0.3 is 0 Å².